The molecule has 2 aliphatic heterocycles. The zero-order valence-electron chi connectivity index (χ0n) is 15.0. The molecule has 0 aromatic heterocycles. The molecule has 0 atom stereocenters. The van der Waals surface area contributed by atoms with Gasteiger partial charge in [-0.2, -0.15) is 0 Å². The maximum atomic E-state index is 4.00. The maximum absolute atomic E-state index is 4.00. The van der Waals surface area contributed by atoms with Crippen LogP contribution in [-0.4, -0.2) is 37.6 Å². The van der Waals surface area contributed by atoms with E-state index < -0.39 is 0 Å². The summed E-state index contributed by atoms with van der Waals surface area (Å²) in [5.41, 5.74) is 5.89. The summed E-state index contributed by atoms with van der Waals surface area (Å²) in [6.45, 7) is 11.1. The van der Waals surface area contributed by atoms with Crippen LogP contribution in [0, 0.1) is 0 Å². The fourth-order valence-electron chi connectivity index (χ4n) is 3.05. The van der Waals surface area contributed by atoms with Crippen LogP contribution in [0.1, 0.15) is 18.1 Å². The van der Waals surface area contributed by atoms with E-state index in [0.29, 0.717) is 0 Å². The van der Waals surface area contributed by atoms with E-state index in [-0.39, 0.29) is 0 Å². The summed E-state index contributed by atoms with van der Waals surface area (Å²) < 4.78 is 0. The first-order chi connectivity index (χ1) is 12.2. The first-order valence-corrected chi connectivity index (χ1v) is 8.95. The third-order valence-electron chi connectivity index (χ3n) is 4.53. The van der Waals surface area contributed by atoms with E-state index in [1.54, 1.807) is 0 Å². The lowest BCUT2D eigenvalue weighted by Gasteiger charge is -2.30. The normalized spacial score (nSPS) is 24.9. The van der Waals surface area contributed by atoms with Crippen molar-refractivity contribution in [2.24, 2.45) is 0 Å². The van der Waals surface area contributed by atoms with Crippen molar-refractivity contribution in [3.05, 3.63) is 84.1 Å². The molecule has 0 saturated carbocycles. The summed E-state index contributed by atoms with van der Waals surface area (Å²) in [6.07, 6.45) is 12.9. The van der Waals surface area contributed by atoms with E-state index in [1.165, 1.54) is 16.8 Å². The van der Waals surface area contributed by atoms with Gasteiger partial charge in [-0.3, -0.25) is 0 Å². The lowest BCUT2D eigenvalue weighted by molar-refractivity contribution is 0.306. The number of nitrogens with zero attached hydrogens (tertiary/aromatic N) is 1. The smallest absolute Gasteiger partial charge is 0.0416 e. The van der Waals surface area contributed by atoms with Crippen LogP contribution in [0.25, 0.3) is 11.3 Å². The molecule has 3 nitrogen and oxygen atoms in total. The summed E-state index contributed by atoms with van der Waals surface area (Å²) in [5.74, 6) is 0. The highest BCUT2D eigenvalue weighted by atomic mass is 15.2. The van der Waals surface area contributed by atoms with Crippen molar-refractivity contribution in [1.29, 1.82) is 0 Å². The van der Waals surface area contributed by atoms with E-state index in [2.05, 4.69) is 82.8 Å². The molecule has 0 bridgehead atoms. The fourth-order valence-corrected chi connectivity index (χ4v) is 3.05. The SMILES string of the molecule is C=C(C)c1ccc(/C2=C/C=C/C=C/C(N3CCNCC3)=C/CN2)cc1. The lowest BCUT2D eigenvalue weighted by Crippen LogP contribution is -2.42. The van der Waals surface area contributed by atoms with E-state index in [1.807, 2.05) is 6.92 Å². The average molecular weight is 333 g/mol. The highest BCUT2D eigenvalue weighted by Crippen LogP contribution is 2.18. The minimum absolute atomic E-state index is 0.811. The molecule has 1 aromatic rings. The molecule has 0 amide bonds. The van der Waals surface area contributed by atoms with Gasteiger partial charge in [0.15, 0.2) is 0 Å². The van der Waals surface area contributed by atoms with Crippen molar-refractivity contribution in [3.8, 4) is 0 Å². The molecule has 0 spiro atoms. The van der Waals surface area contributed by atoms with Crippen LogP contribution in [0.3, 0.4) is 0 Å². The molecule has 2 aliphatic rings. The molecular weight excluding hydrogens is 306 g/mol. The van der Waals surface area contributed by atoms with Gasteiger partial charge in [-0.05, 0) is 36.3 Å². The Morgan fingerprint density at radius 3 is 2.52 bits per heavy atom. The quantitative estimate of drug-likeness (QED) is 0.885. The largest absolute Gasteiger partial charge is 0.381 e. The van der Waals surface area contributed by atoms with Crippen LogP contribution in [-0.2, 0) is 0 Å². The molecule has 1 fully saturated rings. The summed E-state index contributed by atoms with van der Waals surface area (Å²) in [7, 11) is 0. The van der Waals surface area contributed by atoms with Gasteiger partial charge < -0.3 is 15.5 Å². The van der Waals surface area contributed by atoms with Crippen LogP contribution in [0.15, 0.2) is 73.0 Å². The molecular formula is C22H27N3. The first-order valence-electron chi connectivity index (χ1n) is 8.95. The Balaban J connectivity index is 1.76. The summed E-state index contributed by atoms with van der Waals surface area (Å²) in [5, 5.41) is 6.97. The monoisotopic (exact) mass is 333 g/mol. The molecule has 3 heteroatoms. The van der Waals surface area contributed by atoms with Crippen LogP contribution in [0.5, 0.6) is 0 Å². The second kappa shape index (κ2) is 8.54. The zero-order chi connectivity index (χ0) is 17.5. The van der Waals surface area contributed by atoms with E-state index in [9.17, 15) is 0 Å². The minimum Gasteiger partial charge on any atom is -0.381 e. The predicted octanol–water partition coefficient (Wildman–Crippen LogP) is 3.57. The van der Waals surface area contributed by atoms with Gasteiger partial charge in [-0.1, -0.05) is 54.6 Å². The van der Waals surface area contributed by atoms with Gasteiger partial charge >= 0.3 is 0 Å². The summed E-state index contributed by atoms with van der Waals surface area (Å²) >= 11 is 0. The molecule has 25 heavy (non-hydrogen) atoms. The maximum Gasteiger partial charge on any atom is 0.0416 e. The van der Waals surface area contributed by atoms with Gasteiger partial charge in [0.1, 0.15) is 0 Å². The second-order valence-electron chi connectivity index (χ2n) is 6.43. The van der Waals surface area contributed by atoms with E-state index in [0.717, 1.165) is 44.0 Å². The van der Waals surface area contributed by atoms with Gasteiger partial charge in [-0.15, -0.1) is 0 Å². The molecule has 0 unspecified atom stereocenters. The number of allylic oxidation sites excluding steroid dienone is 6. The van der Waals surface area contributed by atoms with E-state index >= 15 is 0 Å². The van der Waals surface area contributed by atoms with Crippen molar-refractivity contribution in [2.75, 3.05) is 32.7 Å². The van der Waals surface area contributed by atoms with Crippen molar-refractivity contribution in [2.45, 2.75) is 6.92 Å². The molecule has 2 N–H and O–H groups in total. The zero-order valence-corrected chi connectivity index (χ0v) is 15.0. The number of piperazine rings is 1. The lowest BCUT2D eigenvalue weighted by atomic mass is 10.0. The Hall–Kier alpha value is -2.52. The van der Waals surface area contributed by atoms with Gasteiger partial charge in [0.2, 0.25) is 0 Å². The topological polar surface area (TPSA) is 27.3 Å². The third kappa shape index (κ3) is 4.74. The summed E-state index contributed by atoms with van der Waals surface area (Å²) in [4.78, 5) is 2.44. The molecule has 3 rings (SSSR count). The van der Waals surface area contributed by atoms with Gasteiger partial charge in [0.05, 0.1) is 0 Å². The molecule has 1 saturated heterocycles. The van der Waals surface area contributed by atoms with Crippen molar-refractivity contribution >= 4 is 11.3 Å². The summed E-state index contributed by atoms with van der Waals surface area (Å²) in [6, 6.07) is 8.56. The fraction of sp³-hybridized carbons (Fsp3) is 0.273. The Morgan fingerprint density at radius 1 is 1.04 bits per heavy atom. The highest BCUT2D eigenvalue weighted by Gasteiger charge is 2.11. The Morgan fingerprint density at radius 2 is 1.80 bits per heavy atom. The highest BCUT2D eigenvalue weighted by molar-refractivity contribution is 5.69. The van der Waals surface area contributed by atoms with Crippen LogP contribution >= 0.6 is 0 Å². The van der Waals surface area contributed by atoms with Crippen molar-refractivity contribution in [3.63, 3.8) is 0 Å². The number of nitrogens with one attached hydrogen (secondary N) is 2. The molecule has 1 aromatic carbocycles. The number of rotatable bonds is 3. The first kappa shape index (κ1) is 17.3. The van der Waals surface area contributed by atoms with Gasteiger partial charge in [-0.25, -0.2) is 0 Å². The molecule has 0 aliphatic carbocycles. The Kier molecular flexibility index (Phi) is 5.91. The van der Waals surface area contributed by atoms with Gasteiger partial charge in [0.25, 0.3) is 0 Å². The number of benzene rings is 1. The average Bonchev–Trinajstić information content (AvgIpc) is 2.66. The van der Waals surface area contributed by atoms with Crippen LogP contribution < -0.4 is 10.6 Å². The number of hydrogen-bond donors (Lipinski definition) is 2. The van der Waals surface area contributed by atoms with Gasteiger partial charge in [0, 0.05) is 44.1 Å². The molecule has 0 radical (unpaired) electrons. The third-order valence-corrected chi connectivity index (χ3v) is 4.53. The Labute approximate surface area is 151 Å². The van der Waals surface area contributed by atoms with Crippen LogP contribution in [0.2, 0.25) is 0 Å². The minimum atomic E-state index is 0.811. The standard InChI is InChI=1S/C22H27N3/c1-18(2)19-8-10-20(11-9-19)22-7-5-3-4-6-21(12-13-24-22)25-16-14-23-15-17-25/h3-12,23-24H,1,13-17H2,2H3/b5-3+,6-4+,21-12-,22-7-. The Bertz CT molecular complexity index is 714. The molecule has 2 heterocycles. The number of hydrogen-bond acceptors (Lipinski definition) is 3. The van der Waals surface area contributed by atoms with E-state index in [4.69, 9.17) is 0 Å². The predicted molar refractivity (Wildman–Crippen MR) is 108 cm³/mol. The van der Waals surface area contributed by atoms with Crippen molar-refractivity contribution in [1.82, 2.24) is 15.5 Å². The van der Waals surface area contributed by atoms with Crippen molar-refractivity contribution < 1.29 is 0 Å². The van der Waals surface area contributed by atoms with Crippen LogP contribution in [0.4, 0.5) is 0 Å². The second-order valence-corrected chi connectivity index (χ2v) is 6.43. The molecule has 130 valence electrons.